The Balaban J connectivity index is 0.000000189. The van der Waals surface area contributed by atoms with Crippen LogP contribution in [0, 0.1) is 0 Å². The highest BCUT2D eigenvalue weighted by Gasteiger charge is 2.08. The Morgan fingerprint density at radius 3 is 1.77 bits per heavy atom. The molecule has 0 fully saturated rings. The zero-order valence-electron chi connectivity index (χ0n) is 26.2. The fraction of sp³-hybridized carbons (Fsp3) is 0.143. The van der Waals surface area contributed by atoms with E-state index in [0.29, 0.717) is 28.6 Å². The van der Waals surface area contributed by atoms with Crippen molar-refractivity contribution in [3.05, 3.63) is 102 Å². The third-order valence-electron chi connectivity index (χ3n) is 7.07. The van der Waals surface area contributed by atoms with E-state index < -0.39 is 9.73 Å². The van der Waals surface area contributed by atoms with Gasteiger partial charge in [-0.25, -0.2) is 4.21 Å². The van der Waals surface area contributed by atoms with Crippen molar-refractivity contribution >= 4 is 75.9 Å². The molecule has 0 aliphatic carbocycles. The maximum absolute atomic E-state index is 12.3. The van der Waals surface area contributed by atoms with Crippen LogP contribution in [-0.4, -0.2) is 50.6 Å². The fourth-order valence-corrected chi connectivity index (χ4v) is 5.72. The lowest BCUT2D eigenvalue weighted by molar-refractivity contribution is 0.407. The van der Waals surface area contributed by atoms with Crippen molar-refractivity contribution in [1.29, 1.82) is 0 Å². The Hall–Kier alpha value is -5.07. The van der Waals surface area contributed by atoms with E-state index in [9.17, 15) is 14.4 Å². The van der Waals surface area contributed by atoms with Gasteiger partial charge in [0.05, 0.1) is 30.9 Å². The molecule has 2 heterocycles. The quantitative estimate of drug-likeness (QED) is 0.122. The van der Waals surface area contributed by atoms with Crippen LogP contribution in [0.3, 0.4) is 0 Å². The van der Waals surface area contributed by atoms with Crippen molar-refractivity contribution in [2.45, 2.75) is 6.92 Å². The number of phenols is 2. The van der Waals surface area contributed by atoms with E-state index in [1.807, 2.05) is 61.5 Å². The van der Waals surface area contributed by atoms with Crippen LogP contribution in [0.25, 0.3) is 21.8 Å². The fourth-order valence-electron chi connectivity index (χ4n) is 4.67. The molecule has 0 saturated carbocycles. The lowest BCUT2D eigenvalue weighted by atomic mass is 10.1. The summed E-state index contributed by atoms with van der Waals surface area (Å²) in [5.74, 6) is 1.89. The summed E-state index contributed by atoms with van der Waals surface area (Å²) in [5, 5.41) is 28.0. The van der Waals surface area contributed by atoms with Crippen LogP contribution >= 0.6 is 15.9 Å². The lowest BCUT2D eigenvalue weighted by Gasteiger charge is -2.12. The van der Waals surface area contributed by atoms with Gasteiger partial charge in [-0.15, -0.1) is 0 Å². The number of hydrogen-bond donors (Lipinski definition) is 4. The Labute approximate surface area is 281 Å². The normalized spacial score (nSPS) is 12.0. The number of benzene rings is 4. The highest BCUT2D eigenvalue weighted by molar-refractivity contribution is 9.10. The molecule has 12 heteroatoms. The minimum absolute atomic E-state index is 0.106. The van der Waals surface area contributed by atoms with Crippen molar-refractivity contribution in [2.75, 3.05) is 36.9 Å². The number of nitrogens with one attached hydrogen (secondary N) is 2. The first kappa shape index (κ1) is 33.3. The van der Waals surface area contributed by atoms with Crippen LogP contribution < -0.4 is 20.1 Å². The van der Waals surface area contributed by atoms with Gasteiger partial charge in [-0.2, -0.15) is 4.36 Å². The van der Waals surface area contributed by atoms with Gasteiger partial charge in [0.1, 0.15) is 23.0 Å². The molecule has 2 aromatic heterocycles. The number of rotatable bonds is 8. The topological polar surface area (TPSA) is 138 Å². The first-order chi connectivity index (χ1) is 22.5. The van der Waals surface area contributed by atoms with Gasteiger partial charge < -0.3 is 30.3 Å². The van der Waals surface area contributed by atoms with Crippen molar-refractivity contribution < 1.29 is 23.9 Å². The molecular weight excluding hydrogens is 682 g/mol. The molecule has 10 nitrogen and oxygen atoms in total. The van der Waals surface area contributed by atoms with Gasteiger partial charge >= 0.3 is 0 Å². The lowest BCUT2D eigenvalue weighted by Crippen LogP contribution is -1.98. The zero-order valence-corrected chi connectivity index (χ0v) is 28.6. The zero-order chi connectivity index (χ0) is 33.6. The van der Waals surface area contributed by atoms with Crippen LogP contribution in [-0.2, 0) is 9.73 Å². The second-order valence-electron chi connectivity index (χ2n) is 10.5. The molecule has 4 N–H and O–H groups in total. The van der Waals surface area contributed by atoms with Gasteiger partial charge in [0.25, 0.3) is 0 Å². The van der Waals surface area contributed by atoms with Crippen LogP contribution in [0.1, 0.15) is 6.92 Å². The predicted molar refractivity (Wildman–Crippen MR) is 194 cm³/mol. The second kappa shape index (κ2) is 14.6. The summed E-state index contributed by atoms with van der Waals surface area (Å²) in [5.41, 5.74) is 5.49. The van der Waals surface area contributed by atoms with Crippen LogP contribution in [0.2, 0.25) is 0 Å². The van der Waals surface area contributed by atoms with Gasteiger partial charge in [-0.05, 0) is 48.5 Å². The number of pyridine rings is 2. The number of aromatic nitrogens is 2. The summed E-state index contributed by atoms with van der Waals surface area (Å²) in [6.07, 6.45) is 5.10. The first-order valence-corrected chi connectivity index (χ1v) is 17.4. The molecule has 6 rings (SSSR count). The Bertz CT molecular complexity index is 2190. The molecular formula is C35H34BrN5O5S. The highest BCUT2D eigenvalue weighted by atomic mass is 79.9. The van der Waals surface area contributed by atoms with Gasteiger partial charge in [-0.1, -0.05) is 22.9 Å². The van der Waals surface area contributed by atoms with Crippen LogP contribution in [0.5, 0.6) is 23.0 Å². The molecule has 0 radical (unpaired) electrons. The summed E-state index contributed by atoms with van der Waals surface area (Å²) in [6.45, 7) is 1.86. The molecule has 1 unspecified atom stereocenters. The van der Waals surface area contributed by atoms with Crippen molar-refractivity contribution in [2.24, 2.45) is 4.36 Å². The number of phenolic OH excluding ortho intramolecular Hbond substituents is 2. The molecule has 242 valence electrons. The van der Waals surface area contributed by atoms with Gasteiger partial charge in [0.15, 0.2) is 0 Å². The SMILES string of the molecule is CCS(C)(=O)=Nc1ccc2nccc(Nc3cc(O)cc(OC)c3)c2c1.COc1cc(O)cc(Nc2ccnc3ccc(Br)cc23)c1. The molecule has 0 amide bonds. The summed E-state index contributed by atoms with van der Waals surface area (Å²) in [7, 11) is 0.870. The maximum atomic E-state index is 12.3. The number of hydrogen-bond acceptors (Lipinski definition) is 10. The first-order valence-electron chi connectivity index (χ1n) is 14.5. The summed E-state index contributed by atoms with van der Waals surface area (Å²) >= 11 is 3.47. The molecule has 0 spiro atoms. The highest BCUT2D eigenvalue weighted by Crippen LogP contribution is 2.33. The standard InChI is InChI=1S/C19H21N3O3S.C16H13BrN2O2/c1-4-26(3,24)22-13-5-6-18-17(11-13)19(7-8-20-18)21-14-9-15(23)12-16(10-14)25-2;1-21-13-8-11(7-12(20)9-13)19-16-4-5-18-15-3-2-10(17)6-14(15)16/h5-12,23H,4H2,1-3H3,(H,20,21);2-9,20H,1H3,(H,18,19). The van der Waals surface area contributed by atoms with Crippen LogP contribution in [0.15, 0.2) is 106 Å². The minimum atomic E-state index is -2.24. The number of halogens is 1. The molecule has 0 bridgehead atoms. The van der Waals surface area contributed by atoms with Crippen molar-refractivity contribution in [3.63, 3.8) is 0 Å². The number of aromatic hydroxyl groups is 2. The van der Waals surface area contributed by atoms with E-state index in [2.05, 4.69) is 40.9 Å². The second-order valence-corrected chi connectivity index (χ2v) is 14.1. The van der Waals surface area contributed by atoms with Crippen molar-refractivity contribution in [1.82, 2.24) is 9.97 Å². The number of methoxy groups -OCH3 is 2. The molecule has 6 aromatic rings. The number of fused-ring (bicyclic) bond motifs is 2. The minimum Gasteiger partial charge on any atom is -0.508 e. The molecule has 4 aromatic carbocycles. The molecule has 1 atom stereocenters. The Kier molecular flexibility index (Phi) is 10.3. The Morgan fingerprint density at radius 2 is 1.26 bits per heavy atom. The van der Waals surface area contributed by atoms with E-state index in [1.165, 1.54) is 6.07 Å². The van der Waals surface area contributed by atoms with Gasteiger partial charge in [0.2, 0.25) is 0 Å². The van der Waals surface area contributed by atoms with E-state index >= 15 is 0 Å². The summed E-state index contributed by atoms with van der Waals surface area (Å²) in [4.78, 5) is 8.71. The largest absolute Gasteiger partial charge is 0.508 e. The summed E-state index contributed by atoms with van der Waals surface area (Å²) in [6, 6.07) is 25.1. The number of anilines is 4. The predicted octanol–water partition coefficient (Wildman–Crippen LogP) is 8.90. The molecule has 47 heavy (non-hydrogen) atoms. The van der Waals surface area contributed by atoms with E-state index in [0.717, 1.165) is 43.3 Å². The molecule has 0 aliphatic heterocycles. The van der Waals surface area contributed by atoms with E-state index in [-0.39, 0.29) is 11.5 Å². The maximum Gasteiger partial charge on any atom is 0.124 e. The molecule has 0 saturated heterocycles. The number of nitrogens with zero attached hydrogens (tertiary/aromatic N) is 3. The van der Waals surface area contributed by atoms with E-state index in [4.69, 9.17) is 9.47 Å². The van der Waals surface area contributed by atoms with Crippen LogP contribution in [0.4, 0.5) is 28.4 Å². The smallest absolute Gasteiger partial charge is 0.124 e. The average molecular weight is 717 g/mol. The monoisotopic (exact) mass is 715 g/mol. The van der Waals surface area contributed by atoms with Gasteiger partial charge in [-0.3, -0.25) is 9.97 Å². The third kappa shape index (κ3) is 8.60. The third-order valence-corrected chi connectivity index (χ3v) is 9.24. The Morgan fingerprint density at radius 1 is 0.745 bits per heavy atom. The number of ether oxygens (including phenoxy) is 2. The van der Waals surface area contributed by atoms with Crippen molar-refractivity contribution in [3.8, 4) is 23.0 Å². The molecule has 0 aliphatic rings. The van der Waals surface area contributed by atoms with Gasteiger partial charge in [0, 0.05) is 109 Å². The average Bonchev–Trinajstić information content (AvgIpc) is 3.05. The van der Waals surface area contributed by atoms with E-state index in [1.54, 1.807) is 57.1 Å². The summed E-state index contributed by atoms with van der Waals surface area (Å²) < 4.78 is 28.0.